The fourth-order valence-corrected chi connectivity index (χ4v) is 7.89. The van der Waals surface area contributed by atoms with Crippen LogP contribution in [-0.2, 0) is 0 Å². The van der Waals surface area contributed by atoms with Gasteiger partial charge >= 0.3 is 5.97 Å². The number of allylic oxidation sites excluding steroid dienone is 1. The van der Waals surface area contributed by atoms with Crippen molar-refractivity contribution in [1.82, 2.24) is 0 Å². The van der Waals surface area contributed by atoms with E-state index in [1.807, 2.05) is 84.9 Å². The number of benzene rings is 8. The van der Waals surface area contributed by atoms with E-state index in [1.165, 1.54) is 6.92 Å². The van der Waals surface area contributed by atoms with Crippen molar-refractivity contribution >= 4 is 92.6 Å². The Bertz CT molecular complexity index is 3150. The Balaban J connectivity index is 1.44. The van der Waals surface area contributed by atoms with Crippen molar-refractivity contribution < 1.29 is 34.7 Å². The van der Waals surface area contributed by atoms with Gasteiger partial charge in [0.25, 0.3) is 0 Å². The molecule has 8 aromatic carbocycles. The number of aliphatic hydroxyl groups excluding tert-OH is 2. The molecule has 0 aliphatic rings. The SMILES string of the molecule is [B]c1c([B])c(O)c2c(-c3ccc4oc5cc6ccccc6cc5c4c3)c(/C(O)=C(\C)O)c(C(=O)O)c(-c3cccc(-c4cccc5ccccc45)c3)c2c1O. The van der Waals surface area contributed by atoms with Gasteiger partial charge in [-0.25, -0.2) is 4.79 Å². The van der Waals surface area contributed by atoms with Crippen LogP contribution in [0.25, 0.3) is 93.4 Å². The predicted octanol–water partition coefficient (Wildman–Crippen LogP) is 9.55. The molecular weight excluding hydrogens is 686 g/mol. The largest absolute Gasteiger partial charge is 0.509 e. The highest BCUT2D eigenvalue weighted by atomic mass is 16.4. The number of phenolic OH excluding ortho intramolecular Hbond substituents is 2. The zero-order valence-electron chi connectivity index (χ0n) is 29.3. The Morgan fingerprint density at radius 2 is 1.11 bits per heavy atom. The molecule has 9 heteroatoms. The van der Waals surface area contributed by atoms with Gasteiger partial charge in [-0.1, -0.05) is 102 Å². The minimum absolute atomic E-state index is 0.0104. The minimum Gasteiger partial charge on any atom is -0.509 e. The minimum atomic E-state index is -1.48. The molecule has 9 aromatic rings. The first-order valence-corrected chi connectivity index (χ1v) is 17.4. The summed E-state index contributed by atoms with van der Waals surface area (Å²) in [7, 11) is 12.6. The first kappa shape index (κ1) is 33.7. The lowest BCUT2D eigenvalue weighted by atomic mass is 9.73. The van der Waals surface area contributed by atoms with Crippen molar-refractivity contribution in [1.29, 1.82) is 0 Å². The quantitative estimate of drug-likeness (QED) is 0.0682. The summed E-state index contributed by atoms with van der Waals surface area (Å²) in [4.78, 5) is 13.7. The number of carboxylic acids is 1. The van der Waals surface area contributed by atoms with E-state index in [2.05, 4.69) is 0 Å². The molecule has 0 spiro atoms. The summed E-state index contributed by atoms with van der Waals surface area (Å²) in [5, 5.41) is 62.7. The maximum Gasteiger partial charge on any atom is 0.337 e. The van der Waals surface area contributed by atoms with Crippen molar-refractivity contribution in [3.63, 3.8) is 0 Å². The molecule has 0 aliphatic heterocycles. The van der Waals surface area contributed by atoms with Crippen LogP contribution in [0.4, 0.5) is 0 Å². The number of fused-ring (bicyclic) bond motifs is 6. The van der Waals surface area contributed by atoms with E-state index in [1.54, 1.807) is 36.4 Å². The van der Waals surface area contributed by atoms with Crippen LogP contribution in [0, 0.1) is 0 Å². The van der Waals surface area contributed by atoms with Crippen molar-refractivity contribution in [2.75, 3.05) is 0 Å². The summed E-state index contributed by atoms with van der Waals surface area (Å²) in [6.45, 7) is 1.22. The number of hydrogen-bond donors (Lipinski definition) is 5. The van der Waals surface area contributed by atoms with Gasteiger partial charge in [0.1, 0.15) is 44.1 Å². The number of aromatic carboxylic acids is 1. The lowest BCUT2D eigenvalue weighted by molar-refractivity contribution is 0.0697. The number of rotatable bonds is 5. The molecule has 9 rings (SSSR count). The second kappa shape index (κ2) is 12.5. The molecule has 0 amide bonds. The van der Waals surface area contributed by atoms with Crippen LogP contribution in [0.5, 0.6) is 11.5 Å². The van der Waals surface area contributed by atoms with E-state index < -0.39 is 34.6 Å². The lowest BCUT2D eigenvalue weighted by Crippen LogP contribution is -2.27. The number of carboxylic acid groups (broad SMARTS) is 1. The molecule has 260 valence electrons. The predicted molar refractivity (Wildman–Crippen MR) is 221 cm³/mol. The molecule has 0 saturated carbocycles. The summed E-state index contributed by atoms with van der Waals surface area (Å²) in [5.74, 6) is -3.91. The fourth-order valence-electron chi connectivity index (χ4n) is 7.89. The second-order valence-corrected chi connectivity index (χ2v) is 13.6. The smallest absolute Gasteiger partial charge is 0.337 e. The third-order valence-electron chi connectivity index (χ3n) is 10.4. The van der Waals surface area contributed by atoms with Gasteiger partial charge in [0.2, 0.25) is 0 Å². The Morgan fingerprint density at radius 3 is 1.80 bits per heavy atom. The van der Waals surface area contributed by atoms with Gasteiger partial charge in [0, 0.05) is 38.2 Å². The van der Waals surface area contributed by atoms with E-state index >= 15 is 0 Å². The molecule has 0 atom stereocenters. The molecule has 0 saturated heterocycles. The molecular formula is C46H28B2O7. The molecule has 0 bridgehead atoms. The first-order valence-electron chi connectivity index (χ1n) is 17.4. The summed E-state index contributed by atoms with van der Waals surface area (Å²) >= 11 is 0. The standard InChI is InChI=1S/C46H28B2O7/c1-22(49)43(50)39-35(28-16-17-33-31(20-28)32-19-24-9-2-3-10-25(24)21-34(32)55-33)37-38(45(52)42(48)41(47)44(37)51)36(40(39)46(53)54)27-13-6-12-26(18-27)30-15-7-11-23-8-4-5-14-29(23)30/h2-21,49-52H,1H3,(H,53,54)/b43-22-. The average molecular weight is 714 g/mol. The Labute approximate surface area is 316 Å². The topological polar surface area (TPSA) is 131 Å². The number of aromatic hydroxyl groups is 2. The van der Waals surface area contributed by atoms with E-state index in [0.29, 0.717) is 27.7 Å². The van der Waals surface area contributed by atoms with Crippen molar-refractivity contribution in [3.8, 4) is 44.9 Å². The molecule has 4 radical (unpaired) electrons. The van der Waals surface area contributed by atoms with Crippen LogP contribution in [0.3, 0.4) is 0 Å². The molecule has 0 fully saturated rings. The highest BCUT2D eigenvalue weighted by Gasteiger charge is 2.33. The first-order chi connectivity index (χ1) is 26.5. The lowest BCUT2D eigenvalue weighted by Gasteiger charge is -2.24. The molecule has 55 heavy (non-hydrogen) atoms. The molecule has 5 N–H and O–H groups in total. The van der Waals surface area contributed by atoms with Gasteiger partial charge in [0.15, 0.2) is 5.76 Å². The molecule has 7 nitrogen and oxygen atoms in total. The van der Waals surface area contributed by atoms with Crippen LogP contribution < -0.4 is 10.9 Å². The maximum atomic E-state index is 13.7. The van der Waals surface area contributed by atoms with Crippen molar-refractivity contribution in [3.05, 3.63) is 138 Å². The third kappa shape index (κ3) is 5.11. The van der Waals surface area contributed by atoms with Gasteiger partial charge in [-0.2, -0.15) is 0 Å². The number of hydrogen-bond acceptors (Lipinski definition) is 6. The van der Waals surface area contributed by atoms with Crippen LogP contribution in [0.2, 0.25) is 0 Å². The fraction of sp³-hybridized carbons (Fsp3) is 0.0217. The van der Waals surface area contributed by atoms with Crippen LogP contribution >= 0.6 is 0 Å². The van der Waals surface area contributed by atoms with Crippen LogP contribution in [-0.4, -0.2) is 47.2 Å². The second-order valence-electron chi connectivity index (χ2n) is 13.6. The molecule has 1 aromatic heterocycles. The number of carbonyl (C=O) groups is 1. The Hall–Kier alpha value is -7.12. The van der Waals surface area contributed by atoms with Crippen molar-refractivity contribution in [2.45, 2.75) is 6.92 Å². The Morgan fingerprint density at radius 1 is 0.545 bits per heavy atom. The zero-order valence-corrected chi connectivity index (χ0v) is 29.3. The maximum absolute atomic E-state index is 13.7. The normalized spacial score (nSPS) is 12.2. The van der Waals surface area contributed by atoms with Gasteiger partial charge in [0.05, 0.1) is 5.56 Å². The monoisotopic (exact) mass is 714 g/mol. The molecule has 1 heterocycles. The molecule has 0 unspecified atom stereocenters. The number of aliphatic hydroxyl groups is 2. The van der Waals surface area contributed by atoms with Gasteiger partial charge in [-0.05, 0) is 81.1 Å². The van der Waals surface area contributed by atoms with E-state index in [4.69, 9.17) is 20.1 Å². The number of phenols is 2. The molecule has 0 aliphatic carbocycles. The van der Waals surface area contributed by atoms with Crippen molar-refractivity contribution in [2.24, 2.45) is 0 Å². The average Bonchev–Trinajstić information content (AvgIpc) is 3.56. The van der Waals surface area contributed by atoms with Gasteiger partial charge in [-0.3, -0.25) is 0 Å². The third-order valence-corrected chi connectivity index (χ3v) is 10.4. The van der Waals surface area contributed by atoms with Gasteiger partial charge < -0.3 is 29.9 Å². The number of furan rings is 1. The van der Waals surface area contributed by atoms with E-state index in [0.717, 1.165) is 38.1 Å². The summed E-state index contributed by atoms with van der Waals surface area (Å²) in [5.41, 5.74) is 1.89. The summed E-state index contributed by atoms with van der Waals surface area (Å²) in [6, 6.07) is 37.7. The van der Waals surface area contributed by atoms with E-state index in [-0.39, 0.29) is 38.4 Å². The van der Waals surface area contributed by atoms with Crippen LogP contribution in [0.15, 0.2) is 132 Å². The Kier molecular flexibility index (Phi) is 7.65. The highest BCUT2D eigenvalue weighted by Crippen LogP contribution is 2.50. The summed E-state index contributed by atoms with van der Waals surface area (Å²) < 4.78 is 6.23. The van der Waals surface area contributed by atoms with Gasteiger partial charge in [-0.15, -0.1) is 0 Å². The van der Waals surface area contributed by atoms with E-state index in [9.17, 15) is 30.3 Å². The highest BCUT2D eigenvalue weighted by molar-refractivity contribution is 6.53. The van der Waals surface area contributed by atoms with Crippen LogP contribution in [0.1, 0.15) is 22.8 Å². The summed E-state index contributed by atoms with van der Waals surface area (Å²) in [6.07, 6.45) is 0. The zero-order chi connectivity index (χ0) is 38.3.